The van der Waals surface area contributed by atoms with Gasteiger partial charge in [-0.15, -0.1) is 11.5 Å². The highest BCUT2D eigenvalue weighted by Crippen LogP contribution is 2.22. The molecule has 2 N–H and O–H groups in total. The van der Waals surface area contributed by atoms with Crippen LogP contribution in [0.25, 0.3) is 0 Å². The zero-order chi connectivity index (χ0) is 46.4. The van der Waals surface area contributed by atoms with Crippen molar-refractivity contribution >= 4 is 8.07 Å². The van der Waals surface area contributed by atoms with Crippen LogP contribution >= 0.6 is 0 Å². The van der Waals surface area contributed by atoms with Gasteiger partial charge in [-0.05, 0) is 96.9 Å². The van der Waals surface area contributed by atoms with E-state index < -0.39 is 8.07 Å². The predicted octanol–water partition coefficient (Wildman–Crippen LogP) is 16.0. The number of phenolic OH excluding ortho intramolecular Hbond substituents is 1. The van der Waals surface area contributed by atoms with Crippen molar-refractivity contribution in [2.45, 2.75) is 213 Å². The number of aliphatic hydroxyl groups is 1. The number of hydrogen-bond donors (Lipinski definition) is 2. The lowest BCUT2D eigenvalue weighted by Gasteiger charge is -2.17. The molecule has 0 saturated carbocycles. The van der Waals surface area contributed by atoms with E-state index >= 15 is 0 Å². The third kappa shape index (κ3) is 54.0. The number of unbranched alkanes of at least 4 members (excludes halogenated alkanes) is 5. The van der Waals surface area contributed by atoms with Crippen molar-refractivity contribution in [1.29, 1.82) is 0 Å². The van der Waals surface area contributed by atoms with Crippen LogP contribution in [0.2, 0.25) is 19.6 Å². The van der Waals surface area contributed by atoms with Gasteiger partial charge in [-0.2, -0.15) is 0 Å². The maximum Gasteiger partial charge on any atom is 0.129 e. The molecule has 5 nitrogen and oxygen atoms in total. The first kappa shape index (κ1) is 62.3. The molecule has 0 bridgehead atoms. The minimum atomic E-state index is -1.09. The minimum Gasteiger partial charge on any atom is -0.508 e. The van der Waals surface area contributed by atoms with Crippen molar-refractivity contribution < 1.29 is 24.1 Å². The van der Waals surface area contributed by atoms with Crippen LogP contribution in [0.5, 0.6) is 5.75 Å². The van der Waals surface area contributed by atoms with Gasteiger partial charge < -0.3 is 24.1 Å². The number of benzene rings is 1. The second-order valence-electron chi connectivity index (χ2n) is 21.0. The number of rotatable bonds is 18. The van der Waals surface area contributed by atoms with Gasteiger partial charge in [0, 0.05) is 26.1 Å². The molecule has 2 heterocycles. The maximum atomic E-state index is 9.05. The summed E-state index contributed by atoms with van der Waals surface area (Å²) >= 11 is 0. The average molecular weight is 859 g/mol. The lowest BCUT2D eigenvalue weighted by Crippen LogP contribution is -2.16. The van der Waals surface area contributed by atoms with E-state index in [1.165, 1.54) is 69.8 Å². The van der Waals surface area contributed by atoms with E-state index in [4.69, 9.17) is 24.1 Å². The van der Waals surface area contributed by atoms with Gasteiger partial charge in [0.05, 0.1) is 25.6 Å². The SMILES string of the molecule is CC(C)(C)Cc1ccc(O)cc1.CC(C)CC#C[Si](C)(C)C.CC(C)CC1CCCO1.CC(C)CCOCCO.CC(C)Cc1ccco1.CCCCCCCCC(C)C. The zero-order valence-corrected chi connectivity index (χ0v) is 43.9. The molecule has 0 radical (unpaired) electrons. The van der Waals surface area contributed by atoms with E-state index in [1.807, 2.05) is 24.3 Å². The van der Waals surface area contributed by atoms with Gasteiger partial charge in [0.1, 0.15) is 19.6 Å². The fourth-order valence-corrected chi connectivity index (χ4v) is 6.38. The summed E-state index contributed by atoms with van der Waals surface area (Å²) in [5.41, 5.74) is 4.94. The summed E-state index contributed by atoms with van der Waals surface area (Å²) in [5, 5.41) is 17.4. The van der Waals surface area contributed by atoms with Crippen molar-refractivity contribution in [3.05, 3.63) is 54.0 Å². The Balaban J connectivity index is -0.000000652. The van der Waals surface area contributed by atoms with Crippen molar-refractivity contribution in [3.63, 3.8) is 0 Å². The van der Waals surface area contributed by atoms with E-state index in [9.17, 15) is 0 Å². The van der Waals surface area contributed by atoms with E-state index in [0.29, 0.717) is 35.7 Å². The Morgan fingerprint density at radius 3 is 1.80 bits per heavy atom. The van der Waals surface area contributed by atoms with Crippen LogP contribution in [0.3, 0.4) is 0 Å². The number of phenols is 1. The largest absolute Gasteiger partial charge is 0.508 e. The lowest BCUT2D eigenvalue weighted by atomic mass is 9.88. The molecule has 1 aromatic heterocycles. The van der Waals surface area contributed by atoms with Crippen LogP contribution in [0.4, 0.5) is 0 Å². The summed E-state index contributed by atoms with van der Waals surface area (Å²) in [6.07, 6.45) is 20.4. The molecule has 1 unspecified atom stereocenters. The highest BCUT2D eigenvalue weighted by molar-refractivity contribution is 6.83. The van der Waals surface area contributed by atoms with Crippen molar-refractivity contribution in [3.8, 4) is 17.2 Å². The molecular weight excluding hydrogens is 757 g/mol. The smallest absolute Gasteiger partial charge is 0.129 e. The molecule has 1 saturated heterocycles. The van der Waals surface area contributed by atoms with E-state index in [1.54, 1.807) is 18.4 Å². The summed E-state index contributed by atoms with van der Waals surface area (Å²) in [4.78, 5) is 0. The summed E-state index contributed by atoms with van der Waals surface area (Å²) < 4.78 is 15.7. The van der Waals surface area contributed by atoms with Crippen molar-refractivity contribution in [2.24, 2.45) is 35.0 Å². The highest BCUT2D eigenvalue weighted by atomic mass is 28.3. The van der Waals surface area contributed by atoms with Crippen LogP contribution in [-0.4, -0.2) is 50.8 Å². The monoisotopic (exact) mass is 859 g/mol. The van der Waals surface area contributed by atoms with Gasteiger partial charge in [-0.1, -0.05) is 174 Å². The fraction of sp³-hybridized carbons (Fsp3) is 0.778. The first-order chi connectivity index (χ1) is 28.0. The second-order valence-corrected chi connectivity index (χ2v) is 25.7. The van der Waals surface area contributed by atoms with Crippen molar-refractivity contribution in [1.82, 2.24) is 0 Å². The summed E-state index contributed by atoms with van der Waals surface area (Å²) in [6, 6.07) is 11.4. The fourth-order valence-electron chi connectivity index (χ4n) is 5.75. The molecule has 352 valence electrons. The van der Waals surface area contributed by atoms with E-state index in [-0.39, 0.29) is 6.61 Å². The van der Waals surface area contributed by atoms with Gasteiger partial charge in [0.15, 0.2) is 0 Å². The molecule has 60 heavy (non-hydrogen) atoms. The van der Waals surface area contributed by atoms with E-state index in [0.717, 1.165) is 62.4 Å². The molecule has 1 atom stereocenters. The van der Waals surface area contributed by atoms with Crippen LogP contribution < -0.4 is 0 Å². The molecule has 6 heteroatoms. The first-order valence-corrected chi connectivity index (χ1v) is 27.6. The Bertz CT molecular complexity index is 1200. The molecule has 1 aliphatic heterocycles. The number of aromatic hydroxyl groups is 1. The maximum absolute atomic E-state index is 9.05. The molecule has 0 aliphatic carbocycles. The molecule has 3 rings (SSSR count). The third-order valence-corrected chi connectivity index (χ3v) is 9.73. The molecule has 1 aliphatic rings. The standard InChI is InChI=1S/C11H16O.C11H24.C9H18Si.C8H16O.C8H12O.C7H16O2/c1-11(2,3)8-9-4-6-10(12)7-5-9;1-4-5-6-7-8-9-10-11(2)3;1-9(2)7-6-8-10(3,4)5;2*1-7(2)6-8-4-3-5-9-8;1-7(2)3-5-9-6-4-8/h4-7,12H,8H2,1-3H3;11H,4-10H2,1-3H3;9H,7H2,1-5H3;7-8H,3-6H2,1-2H3;3-5,7H,6H2,1-2H3;7-8H,3-6H2,1-2H3. The van der Waals surface area contributed by atoms with Crippen LogP contribution in [0.15, 0.2) is 47.1 Å². The predicted molar refractivity (Wildman–Crippen MR) is 268 cm³/mol. The Morgan fingerprint density at radius 2 is 1.37 bits per heavy atom. The quantitative estimate of drug-likeness (QED) is 0.0888. The number of furan rings is 1. The second kappa shape index (κ2) is 39.8. The molecule has 2 aromatic rings. The van der Waals surface area contributed by atoms with Gasteiger partial charge >= 0.3 is 0 Å². The average Bonchev–Trinajstić information content (AvgIpc) is 3.84. The molecule has 1 aromatic carbocycles. The van der Waals surface area contributed by atoms with E-state index in [2.05, 4.69) is 128 Å². The molecular formula is C54H102O5Si. The van der Waals surface area contributed by atoms with Crippen molar-refractivity contribution in [2.75, 3.05) is 26.4 Å². The number of ether oxygens (including phenoxy) is 2. The normalized spacial score (nSPS) is 13.5. The number of hydrogen-bond acceptors (Lipinski definition) is 5. The third-order valence-electron chi connectivity index (χ3n) is 8.80. The molecule has 0 amide bonds. The van der Waals surface area contributed by atoms with Crippen LogP contribution in [-0.2, 0) is 22.3 Å². The Kier molecular flexibility index (Phi) is 41.3. The minimum absolute atomic E-state index is 0.137. The van der Waals surface area contributed by atoms with Crippen LogP contribution in [0.1, 0.15) is 185 Å². The summed E-state index contributed by atoms with van der Waals surface area (Å²) in [6.45, 7) is 40.3. The topological polar surface area (TPSA) is 72.1 Å². The van der Waals surface area contributed by atoms with Gasteiger partial charge in [0.2, 0.25) is 0 Å². The summed E-state index contributed by atoms with van der Waals surface area (Å²) in [5.74, 6) is 8.48. The van der Waals surface area contributed by atoms with Gasteiger partial charge in [0.25, 0.3) is 0 Å². The Hall–Kier alpha value is -2.04. The summed E-state index contributed by atoms with van der Waals surface area (Å²) in [7, 11) is -1.09. The zero-order valence-electron chi connectivity index (χ0n) is 42.9. The van der Waals surface area contributed by atoms with Crippen LogP contribution in [0, 0.1) is 46.5 Å². The molecule has 0 spiro atoms. The Morgan fingerprint density at radius 1 is 0.767 bits per heavy atom. The highest BCUT2D eigenvalue weighted by Gasteiger charge is 2.16. The number of aliphatic hydroxyl groups excluding tert-OH is 1. The van der Waals surface area contributed by atoms with Gasteiger partial charge in [-0.3, -0.25) is 0 Å². The molecule has 1 fully saturated rings. The first-order valence-electron chi connectivity index (χ1n) is 24.1. The lowest BCUT2D eigenvalue weighted by molar-refractivity contribution is 0.0853. The van der Waals surface area contributed by atoms with Gasteiger partial charge in [-0.25, -0.2) is 0 Å². The Labute approximate surface area is 376 Å².